The van der Waals surface area contributed by atoms with Crippen LogP contribution in [-0.2, 0) is 0 Å². The van der Waals surface area contributed by atoms with Crippen molar-refractivity contribution < 1.29 is 24.2 Å². The first-order chi connectivity index (χ1) is 13.7. The van der Waals surface area contributed by atoms with Gasteiger partial charge in [-0.25, -0.2) is 9.59 Å². The lowest BCUT2D eigenvalue weighted by atomic mass is 10.1. The molecule has 0 spiro atoms. The van der Waals surface area contributed by atoms with Crippen LogP contribution in [0.3, 0.4) is 0 Å². The number of nitrogens with one attached hydrogen (secondary N) is 3. The molecule has 154 valence electrons. The van der Waals surface area contributed by atoms with Gasteiger partial charge in [0.25, 0.3) is 5.91 Å². The number of carbonyl (C=O) groups excluding carboxylic acids is 2. The highest BCUT2D eigenvalue weighted by Gasteiger charge is 2.14. The van der Waals surface area contributed by atoms with Gasteiger partial charge in [0.15, 0.2) is 0 Å². The normalized spacial score (nSPS) is 10.6. The van der Waals surface area contributed by atoms with E-state index in [2.05, 4.69) is 16.0 Å². The first kappa shape index (κ1) is 21.7. The largest absolute Gasteiger partial charge is 0.489 e. The third kappa shape index (κ3) is 6.53. The van der Waals surface area contributed by atoms with E-state index in [0.29, 0.717) is 17.0 Å². The Morgan fingerprint density at radius 3 is 2.07 bits per heavy atom. The van der Waals surface area contributed by atoms with Gasteiger partial charge >= 0.3 is 12.0 Å². The molecule has 3 amide bonds. The molecule has 0 saturated carbocycles. The van der Waals surface area contributed by atoms with Gasteiger partial charge in [0.2, 0.25) is 0 Å². The van der Waals surface area contributed by atoms with E-state index >= 15 is 0 Å². The summed E-state index contributed by atoms with van der Waals surface area (Å²) in [5.41, 5.74) is 1.18. The molecule has 2 aromatic rings. The molecule has 8 heteroatoms. The molecule has 0 saturated heterocycles. The lowest BCUT2D eigenvalue weighted by molar-refractivity contribution is 0.0696. The highest BCUT2D eigenvalue weighted by atomic mass is 16.5. The smallest absolute Gasteiger partial charge is 0.335 e. The van der Waals surface area contributed by atoms with Crippen molar-refractivity contribution in [3.63, 3.8) is 0 Å². The van der Waals surface area contributed by atoms with Crippen molar-refractivity contribution in [2.45, 2.75) is 39.8 Å². The van der Waals surface area contributed by atoms with Gasteiger partial charge in [-0.05, 0) is 70.2 Å². The average Bonchev–Trinajstić information content (AvgIpc) is 2.62. The predicted molar refractivity (Wildman–Crippen MR) is 111 cm³/mol. The van der Waals surface area contributed by atoms with E-state index in [4.69, 9.17) is 4.74 Å². The zero-order chi connectivity index (χ0) is 21.6. The summed E-state index contributed by atoms with van der Waals surface area (Å²) in [5, 5.41) is 17.3. The number of carboxylic acid groups (broad SMARTS) is 1. The Hall–Kier alpha value is -3.55. The highest BCUT2D eigenvalue weighted by molar-refractivity contribution is 6.06. The minimum Gasteiger partial charge on any atom is -0.489 e. The molecular formula is C21H25N3O5. The second-order valence-corrected chi connectivity index (χ2v) is 6.97. The molecule has 29 heavy (non-hydrogen) atoms. The van der Waals surface area contributed by atoms with Crippen LogP contribution in [0.4, 0.5) is 16.2 Å². The number of ether oxygens (including phenoxy) is 1. The van der Waals surface area contributed by atoms with Crippen LogP contribution in [0.25, 0.3) is 0 Å². The zero-order valence-corrected chi connectivity index (χ0v) is 16.8. The Morgan fingerprint density at radius 1 is 0.897 bits per heavy atom. The van der Waals surface area contributed by atoms with Crippen molar-refractivity contribution in [1.29, 1.82) is 0 Å². The molecule has 0 atom stereocenters. The van der Waals surface area contributed by atoms with Gasteiger partial charge in [-0.15, -0.1) is 0 Å². The molecule has 2 rings (SSSR count). The Balaban J connectivity index is 2.15. The number of urea groups is 1. The fourth-order valence-electron chi connectivity index (χ4n) is 2.45. The van der Waals surface area contributed by atoms with E-state index in [9.17, 15) is 19.5 Å². The molecule has 0 fully saturated rings. The first-order valence-electron chi connectivity index (χ1n) is 9.18. The fraction of sp³-hybridized carbons (Fsp3) is 0.286. The van der Waals surface area contributed by atoms with Crippen LogP contribution in [0, 0.1) is 0 Å². The van der Waals surface area contributed by atoms with Crippen LogP contribution in [0.15, 0.2) is 42.5 Å². The third-order valence-electron chi connectivity index (χ3n) is 3.66. The van der Waals surface area contributed by atoms with Crippen LogP contribution in [0.5, 0.6) is 5.75 Å². The maximum absolute atomic E-state index is 12.6. The summed E-state index contributed by atoms with van der Waals surface area (Å²) in [6.45, 7) is 7.36. The standard InChI is InChI=1S/C21H25N3O5/c1-12(2)22-21(28)23-16-8-5-14(6-9-16)19(25)24-17-11-15(20(26)27)7-10-18(17)29-13(3)4/h5-13H,1-4H3,(H,24,25)(H,26,27)(H2,22,23,28). The highest BCUT2D eigenvalue weighted by Crippen LogP contribution is 2.27. The number of hydrogen-bond acceptors (Lipinski definition) is 4. The lowest BCUT2D eigenvalue weighted by Gasteiger charge is -2.16. The van der Waals surface area contributed by atoms with Crippen LogP contribution in [0.1, 0.15) is 48.4 Å². The molecule has 0 aromatic heterocycles. The molecule has 0 aliphatic rings. The van der Waals surface area contributed by atoms with Crippen LogP contribution in [0.2, 0.25) is 0 Å². The Morgan fingerprint density at radius 2 is 1.52 bits per heavy atom. The van der Waals surface area contributed by atoms with Crippen molar-refractivity contribution in [2.24, 2.45) is 0 Å². The summed E-state index contributed by atoms with van der Waals surface area (Å²) in [6, 6.07) is 10.3. The topological polar surface area (TPSA) is 117 Å². The Bertz CT molecular complexity index is 892. The molecule has 0 aliphatic carbocycles. The first-order valence-corrected chi connectivity index (χ1v) is 9.18. The van der Waals surface area contributed by atoms with Crippen molar-refractivity contribution in [2.75, 3.05) is 10.6 Å². The molecule has 0 aliphatic heterocycles. The SMILES string of the molecule is CC(C)NC(=O)Nc1ccc(C(=O)Nc2cc(C(=O)O)ccc2OC(C)C)cc1. The lowest BCUT2D eigenvalue weighted by Crippen LogP contribution is -2.34. The second kappa shape index (κ2) is 9.59. The molecule has 0 radical (unpaired) electrons. The van der Waals surface area contributed by atoms with E-state index in [1.54, 1.807) is 24.3 Å². The maximum Gasteiger partial charge on any atom is 0.335 e. The van der Waals surface area contributed by atoms with Crippen molar-refractivity contribution in [1.82, 2.24) is 5.32 Å². The molecule has 0 unspecified atom stereocenters. The van der Waals surface area contributed by atoms with Crippen molar-refractivity contribution in [3.05, 3.63) is 53.6 Å². The molecule has 4 N–H and O–H groups in total. The van der Waals surface area contributed by atoms with Gasteiger partial charge in [0.1, 0.15) is 5.75 Å². The van der Waals surface area contributed by atoms with Gasteiger partial charge in [0.05, 0.1) is 17.4 Å². The van der Waals surface area contributed by atoms with E-state index in [1.807, 2.05) is 27.7 Å². The Labute approximate surface area is 169 Å². The number of anilines is 2. The number of aromatic carboxylic acids is 1. The van der Waals surface area contributed by atoms with Gasteiger partial charge < -0.3 is 25.8 Å². The number of carbonyl (C=O) groups is 3. The second-order valence-electron chi connectivity index (χ2n) is 6.97. The van der Waals surface area contributed by atoms with Gasteiger partial charge in [-0.1, -0.05) is 0 Å². The number of benzene rings is 2. The molecule has 0 bridgehead atoms. The van der Waals surface area contributed by atoms with Crippen LogP contribution < -0.4 is 20.7 Å². The summed E-state index contributed by atoms with van der Waals surface area (Å²) >= 11 is 0. The zero-order valence-electron chi connectivity index (χ0n) is 16.8. The van der Waals surface area contributed by atoms with Gasteiger partial charge in [0, 0.05) is 17.3 Å². The summed E-state index contributed by atoms with van der Waals surface area (Å²) < 4.78 is 5.65. The quantitative estimate of drug-likeness (QED) is 0.562. The average molecular weight is 399 g/mol. The number of hydrogen-bond donors (Lipinski definition) is 4. The van der Waals surface area contributed by atoms with Gasteiger partial charge in [-0.2, -0.15) is 0 Å². The van der Waals surface area contributed by atoms with E-state index in [-0.39, 0.29) is 29.4 Å². The van der Waals surface area contributed by atoms with E-state index in [0.717, 1.165) is 0 Å². The molecule has 0 heterocycles. The monoisotopic (exact) mass is 399 g/mol. The summed E-state index contributed by atoms with van der Waals surface area (Å²) in [4.78, 5) is 35.6. The number of carboxylic acids is 1. The van der Waals surface area contributed by atoms with Crippen LogP contribution in [-0.4, -0.2) is 35.2 Å². The summed E-state index contributed by atoms with van der Waals surface area (Å²) in [6.07, 6.45) is -0.149. The third-order valence-corrected chi connectivity index (χ3v) is 3.66. The number of rotatable bonds is 7. The molecule has 8 nitrogen and oxygen atoms in total. The van der Waals surface area contributed by atoms with E-state index < -0.39 is 11.9 Å². The summed E-state index contributed by atoms with van der Waals surface area (Å²) in [7, 11) is 0. The molecule has 2 aromatic carbocycles. The van der Waals surface area contributed by atoms with Crippen molar-refractivity contribution in [3.8, 4) is 5.75 Å². The van der Waals surface area contributed by atoms with Gasteiger partial charge in [-0.3, -0.25) is 4.79 Å². The fourth-order valence-corrected chi connectivity index (χ4v) is 2.45. The maximum atomic E-state index is 12.6. The Kier molecular flexibility index (Phi) is 7.19. The predicted octanol–water partition coefficient (Wildman–Crippen LogP) is 3.95. The minimum atomic E-state index is -1.10. The minimum absolute atomic E-state index is 0.00358. The van der Waals surface area contributed by atoms with Crippen LogP contribution >= 0.6 is 0 Å². The summed E-state index contributed by atoms with van der Waals surface area (Å²) in [5.74, 6) is -1.16. The molecular weight excluding hydrogens is 374 g/mol. The van der Waals surface area contributed by atoms with Crippen molar-refractivity contribution >= 4 is 29.3 Å². The number of amides is 3. The van der Waals surface area contributed by atoms with E-state index in [1.165, 1.54) is 18.2 Å².